The molecule has 4 nitrogen and oxygen atoms in total. The molecule has 26 heavy (non-hydrogen) atoms. The quantitative estimate of drug-likeness (QED) is 0.471. The van der Waals surface area contributed by atoms with Gasteiger partial charge in [-0.15, -0.1) is 0 Å². The Bertz CT molecular complexity index is 1120. The molecule has 4 aromatic rings. The summed E-state index contributed by atoms with van der Waals surface area (Å²) in [6, 6.07) is 19.8. The van der Waals surface area contributed by atoms with Crippen molar-refractivity contribution in [2.75, 3.05) is 5.32 Å². The zero-order chi connectivity index (χ0) is 18.1. The molecule has 0 fully saturated rings. The molecule has 1 heterocycles. The SMILES string of the molecule is O=C(Nc1cccc(Cl)c1)c1ccc2nc(-c3ccccc3Cl)[nH]c2c1. The van der Waals surface area contributed by atoms with Crippen LogP contribution in [0.2, 0.25) is 10.0 Å². The number of aromatic nitrogens is 2. The molecule has 0 unspecified atom stereocenters. The zero-order valence-electron chi connectivity index (χ0n) is 13.5. The van der Waals surface area contributed by atoms with Crippen LogP contribution in [0.5, 0.6) is 0 Å². The molecule has 1 aromatic heterocycles. The van der Waals surface area contributed by atoms with E-state index in [4.69, 9.17) is 23.2 Å². The van der Waals surface area contributed by atoms with Crippen molar-refractivity contribution in [2.24, 2.45) is 0 Å². The van der Waals surface area contributed by atoms with Gasteiger partial charge in [0.2, 0.25) is 0 Å². The number of H-pyrrole nitrogens is 1. The summed E-state index contributed by atoms with van der Waals surface area (Å²) in [6.07, 6.45) is 0. The predicted octanol–water partition coefficient (Wildman–Crippen LogP) is 5.79. The van der Waals surface area contributed by atoms with E-state index in [9.17, 15) is 4.79 Å². The van der Waals surface area contributed by atoms with E-state index in [0.717, 1.165) is 16.6 Å². The first-order valence-corrected chi connectivity index (χ1v) is 8.67. The van der Waals surface area contributed by atoms with Crippen molar-refractivity contribution >= 4 is 45.8 Å². The number of benzene rings is 3. The molecule has 0 atom stereocenters. The summed E-state index contributed by atoms with van der Waals surface area (Å²) in [5, 5.41) is 4.01. The monoisotopic (exact) mass is 381 g/mol. The van der Waals surface area contributed by atoms with E-state index in [2.05, 4.69) is 15.3 Å². The predicted molar refractivity (Wildman–Crippen MR) is 106 cm³/mol. The fourth-order valence-corrected chi connectivity index (χ4v) is 3.12. The molecule has 2 N–H and O–H groups in total. The first kappa shape index (κ1) is 16.6. The van der Waals surface area contributed by atoms with Crippen LogP contribution < -0.4 is 5.32 Å². The van der Waals surface area contributed by atoms with Crippen LogP contribution in [0.15, 0.2) is 66.7 Å². The molecular weight excluding hydrogens is 369 g/mol. The van der Waals surface area contributed by atoms with E-state index < -0.39 is 0 Å². The average Bonchev–Trinajstić information content (AvgIpc) is 3.05. The molecular formula is C20H13Cl2N3O. The lowest BCUT2D eigenvalue weighted by Gasteiger charge is -2.05. The van der Waals surface area contributed by atoms with Crippen LogP contribution in [0.25, 0.3) is 22.4 Å². The Morgan fingerprint density at radius 1 is 0.962 bits per heavy atom. The summed E-state index contributed by atoms with van der Waals surface area (Å²) in [5.41, 5.74) is 3.50. The molecule has 6 heteroatoms. The van der Waals surface area contributed by atoms with Gasteiger partial charge in [-0.25, -0.2) is 4.98 Å². The number of hydrogen-bond acceptors (Lipinski definition) is 2. The molecule has 128 valence electrons. The van der Waals surface area contributed by atoms with Gasteiger partial charge < -0.3 is 10.3 Å². The van der Waals surface area contributed by atoms with Gasteiger partial charge >= 0.3 is 0 Å². The van der Waals surface area contributed by atoms with Crippen LogP contribution in [-0.2, 0) is 0 Å². The van der Waals surface area contributed by atoms with Crippen molar-refractivity contribution < 1.29 is 4.79 Å². The van der Waals surface area contributed by atoms with Crippen molar-refractivity contribution in [1.82, 2.24) is 9.97 Å². The molecule has 0 bridgehead atoms. The Morgan fingerprint density at radius 2 is 1.81 bits per heavy atom. The van der Waals surface area contributed by atoms with Gasteiger partial charge in [-0.2, -0.15) is 0 Å². The van der Waals surface area contributed by atoms with Crippen molar-refractivity contribution in [3.63, 3.8) is 0 Å². The van der Waals surface area contributed by atoms with Gasteiger partial charge in [-0.1, -0.05) is 41.4 Å². The molecule has 0 aliphatic heterocycles. The first-order chi connectivity index (χ1) is 12.6. The number of imidazole rings is 1. The average molecular weight is 382 g/mol. The third-order valence-corrected chi connectivity index (χ3v) is 4.52. The number of rotatable bonds is 3. The van der Waals surface area contributed by atoms with Crippen LogP contribution in [0.3, 0.4) is 0 Å². The Labute approximate surface area is 159 Å². The minimum atomic E-state index is -0.219. The molecule has 0 radical (unpaired) electrons. The van der Waals surface area contributed by atoms with E-state index in [1.165, 1.54) is 0 Å². The summed E-state index contributed by atoms with van der Waals surface area (Å²) in [4.78, 5) is 20.3. The largest absolute Gasteiger partial charge is 0.338 e. The van der Waals surface area contributed by atoms with E-state index in [-0.39, 0.29) is 5.91 Å². The lowest BCUT2D eigenvalue weighted by molar-refractivity contribution is 0.102. The summed E-state index contributed by atoms with van der Waals surface area (Å²) in [6.45, 7) is 0. The molecule has 0 saturated carbocycles. The van der Waals surface area contributed by atoms with Crippen LogP contribution in [0.1, 0.15) is 10.4 Å². The maximum absolute atomic E-state index is 12.5. The summed E-state index contributed by atoms with van der Waals surface area (Å²) in [5.74, 6) is 0.445. The Morgan fingerprint density at radius 3 is 2.62 bits per heavy atom. The summed E-state index contributed by atoms with van der Waals surface area (Å²) >= 11 is 12.2. The topological polar surface area (TPSA) is 57.8 Å². The Hall–Kier alpha value is -2.82. The Kier molecular flexibility index (Phi) is 4.37. The van der Waals surface area contributed by atoms with Crippen molar-refractivity contribution in [1.29, 1.82) is 0 Å². The minimum absolute atomic E-state index is 0.219. The number of nitrogens with zero attached hydrogens (tertiary/aromatic N) is 1. The van der Waals surface area contributed by atoms with Gasteiger partial charge in [0.15, 0.2) is 0 Å². The van der Waals surface area contributed by atoms with Gasteiger partial charge in [0.05, 0.1) is 16.1 Å². The number of hydrogen-bond donors (Lipinski definition) is 2. The van der Waals surface area contributed by atoms with Crippen molar-refractivity contribution in [3.8, 4) is 11.4 Å². The number of nitrogens with one attached hydrogen (secondary N) is 2. The lowest BCUT2D eigenvalue weighted by Crippen LogP contribution is -2.11. The third-order valence-electron chi connectivity index (χ3n) is 3.96. The van der Waals surface area contributed by atoms with E-state index in [0.29, 0.717) is 27.1 Å². The first-order valence-electron chi connectivity index (χ1n) is 7.92. The van der Waals surface area contributed by atoms with Gasteiger partial charge in [0, 0.05) is 21.8 Å². The maximum atomic E-state index is 12.5. The zero-order valence-corrected chi connectivity index (χ0v) is 15.0. The molecule has 4 rings (SSSR count). The number of fused-ring (bicyclic) bond motifs is 1. The van der Waals surface area contributed by atoms with E-state index in [1.54, 1.807) is 42.5 Å². The fourth-order valence-electron chi connectivity index (χ4n) is 2.70. The smallest absolute Gasteiger partial charge is 0.255 e. The second-order valence-electron chi connectivity index (χ2n) is 5.76. The highest BCUT2D eigenvalue weighted by Gasteiger charge is 2.12. The number of anilines is 1. The van der Waals surface area contributed by atoms with E-state index >= 15 is 0 Å². The minimum Gasteiger partial charge on any atom is -0.338 e. The summed E-state index contributed by atoms with van der Waals surface area (Å²) in [7, 11) is 0. The molecule has 3 aromatic carbocycles. The second-order valence-corrected chi connectivity index (χ2v) is 6.61. The van der Waals surface area contributed by atoms with Crippen molar-refractivity contribution in [2.45, 2.75) is 0 Å². The number of carbonyl (C=O) groups is 1. The highest BCUT2D eigenvalue weighted by atomic mass is 35.5. The molecule has 0 spiro atoms. The van der Waals surface area contributed by atoms with Gasteiger partial charge in [0.25, 0.3) is 5.91 Å². The van der Waals surface area contributed by atoms with Gasteiger partial charge in [0.1, 0.15) is 5.82 Å². The van der Waals surface area contributed by atoms with Gasteiger partial charge in [-0.3, -0.25) is 4.79 Å². The Balaban J connectivity index is 1.65. The second kappa shape index (κ2) is 6.83. The van der Waals surface area contributed by atoms with Gasteiger partial charge in [-0.05, 0) is 48.5 Å². The normalized spacial score (nSPS) is 10.8. The van der Waals surface area contributed by atoms with Crippen LogP contribution in [0.4, 0.5) is 5.69 Å². The molecule has 0 aliphatic carbocycles. The third kappa shape index (κ3) is 3.29. The number of halogens is 2. The molecule has 0 saturated heterocycles. The number of aromatic amines is 1. The van der Waals surface area contributed by atoms with Crippen molar-refractivity contribution in [3.05, 3.63) is 82.3 Å². The van der Waals surface area contributed by atoms with Crippen LogP contribution >= 0.6 is 23.2 Å². The highest BCUT2D eigenvalue weighted by Crippen LogP contribution is 2.27. The maximum Gasteiger partial charge on any atom is 0.255 e. The highest BCUT2D eigenvalue weighted by molar-refractivity contribution is 6.33. The lowest BCUT2D eigenvalue weighted by atomic mass is 10.2. The number of carbonyl (C=O) groups excluding carboxylic acids is 1. The van der Waals surface area contributed by atoms with Crippen LogP contribution in [0, 0.1) is 0 Å². The standard InChI is InChI=1S/C20H13Cl2N3O/c21-13-4-3-5-14(11-13)23-20(26)12-8-9-17-18(10-12)25-19(24-17)15-6-1-2-7-16(15)22/h1-11H,(H,23,26)(H,24,25). The summed E-state index contributed by atoms with van der Waals surface area (Å²) < 4.78 is 0. The molecule has 0 aliphatic rings. The fraction of sp³-hybridized carbons (Fsp3) is 0. The molecule has 1 amide bonds. The number of amides is 1. The van der Waals surface area contributed by atoms with Crippen LogP contribution in [-0.4, -0.2) is 15.9 Å². The van der Waals surface area contributed by atoms with E-state index in [1.807, 2.05) is 24.3 Å².